The van der Waals surface area contributed by atoms with E-state index in [1.54, 1.807) is 0 Å². The number of hydrogen-bond acceptors (Lipinski definition) is 6. The normalized spacial score (nSPS) is 18.3. The van der Waals surface area contributed by atoms with Gasteiger partial charge in [0.25, 0.3) is 0 Å². The lowest BCUT2D eigenvalue weighted by molar-refractivity contribution is -0.142. The molecule has 1 rings (SSSR count). The molecule has 1 aliphatic heterocycles. The highest BCUT2D eigenvalue weighted by atomic mass is 32.2. The molecular weight excluding hydrogens is 372 g/mol. The van der Waals surface area contributed by atoms with E-state index >= 15 is 0 Å². The van der Waals surface area contributed by atoms with Crippen LogP contribution in [-0.4, -0.2) is 72.1 Å². The van der Waals surface area contributed by atoms with Gasteiger partial charge in [0.1, 0.15) is 12.1 Å². The van der Waals surface area contributed by atoms with Crippen LogP contribution in [0.1, 0.15) is 32.1 Å². The molecule has 3 atom stereocenters. The molecule has 0 aromatic carbocycles. The number of nitrogens with one attached hydrogen (secondary N) is 3. The molecule has 1 aliphatic rings. The summed E-state index contributed by atoms with van der Waals surface area (Å²) >= 11 is 1.50. The van der Waals surface area contributed by atoms with Gasteiger partial charge in [-0.25, -0.2) is 4.79 Å². The molecule has 0 spiro atoms. The van der Waals surface area contributed by atoms with Gasteiger partial charge >= 0.3 is 5.97 Å². The summed E-state index contributed by atoms with van der Waals surface area (Å²) in [5.41, 5.74) is 10.6. The van der Waals surface area contributed by atoms with Crippen LogP contribution in [0.3, 0.4) is 0 Å². The lowest BCUT2D eigenvalue weighted by Gasteiger charge is -2.22. The lowest BCUT2D eigenvalue weighted by atomic mass is 10.1. The van der Waals surface area contributed by atoms with Crippen LogP contribution in [0.25, 0.3) is 0 Å². The number of carbonyl (C=O) groups excluding carboxylic acids is 2. The van der Waals surface area contributed by atoms with E-state index in [1.165, 1.54) is 11.8 Å². The average molecular weight is 403 g/mol. The minimum absolute atomic E-state index is 0.0433. The van der Waals surface area contributed by atoms with E-state index in [2.05, 4.69) is 20.9 Å². The molecule has 11 heteroatoms. The van der Waals surface area contributed by atoms with Crippen LogP contribution >= 0.6 is 11.8 Å². The van der Waals surface area contributed by atoms with Crippen LogP contribution in [0.5, 0.6) is 0 Å². The predicted molar refractivity (Wildman–Crippen MR) is 105 cm³/mol. The smallest absolute Gasteiger partial charge is 0.326 e. The summed E-state index contributed by atoms with van der Waals surface area (Å²) in [5, 5.41) is 17.6. The number of carbonyl (C=O) groups is 3. The maximum atomic E-state index is 12.6. The van der Waals surface area contributed by atoms with Crippen LogP contribution < -0.4 is 27.4 Å². The molecule has 0 radical (unpaired) electrons. The third-order valence-corrected chi connectivity index (χ3v) is 4.82. The Bertz CT molecular complexity index is 535. The molecule has 0 bridgehead atoms. The number of aliphatic imine (C=N–C) groups is 1. The zero-order chi connectivity index (χ0) is 20.2. The first-order chi connectivity index (χ1) is 12.8. The van der Waals surface area contributed by atoms with Gasteiger partial charge in [0.05, 0.1) is 6.04 Å². The summed E-state index contributed by atoms with van der Waals surface area (Å²) in [5.74, 6) is -1.31. The zero-order valence-electron chi connectivity index (χ0n) is 15.6. The molecule has 2 amide bonds. The van der Waals surface area contributed by atoms with E-state index in [0.717, 1.165) is 13.0 Å². The largest absolute Gasteiger partial charge is 0.480 e. The van der Waals surface area contributed by atoms with Crippen LogP contribution in [0.4, 0.5) is 0 Å². The maximum absolute atomic E-state index is 12.6. The molecule has 154 valence electrons. The second kappa shape index (κ2) is 12.4. The van der Waals surface area contributed by atoms with Crippen LogP contribution in [0.15, 0.2) is 4.99 Å². The first-order valence-corrected chi connectivity index (χ1v) is 10.4. The third-order valence-electron chi connectivity index (χ3n) is 4.18. The molecule has 0 aromatic heterocycles. The quantitative estimate of drug-likeness (QED) is 0.131. The van der Waals surface area contributed by atoms with Gasteiger partial charge in [-0.15, -0.1) is 0 Å². The fourth-order valence-corrected chi connectivity index (χ4v) is 3.19. The van der Waals surface area contributed by atoms with Crippen molar-refractivity contribution in [3.63, 3.8) is 0 Å². The van der Waals surface area contributed by atoms with Crippen molar-refractivity contribution in [1.82, 2.24) is 16.0 Å². The average Bonchev–Trinajstić information content (AvgIpc) is 3.15. The predicted octanol–water partition coefficient (Wildman–Crippen LogP) is -1.40. The van der Waals surface area contributed by atoms with E-state index < -0.39 is 24.0 Å². The van der Waals surface area contributed by atoms with Crippen molar-refractivity contribution in [2.24, 2.45) is 16.5 Å². The summed E-state index contributed by atoms with van der Waals surface area (Å²) in [6, 6.07) is -2.17. The molecule has 0 aliphatic carbocycles. The van der Waals surface area contributed by atoms with E-state index in [9.17, 15) is 19.5 Å². The summed E-state index contributed by atoms with van der Waals surface area (Å²) in [6.45, 7) is 1.08. The highest BCUT2D eigenvalue weighted by Gasteiger charge is 2.29. The molecule has 0 unspecified atom stereocenters. The topological polar surface area (TPSA) is 172 Å². The van der Waals surface area contributed by atoms with E-state index in [1.807, 2.05) is 6.26 Å². The number of carboxylic acids is 1. The van der Waals surface area contributed by atoms with Crippen molar-refractivity contribution in [3.05, 3.63) is 0 Å². The Labute approximate surface area is 163 Å². The van der Waals surface area contributed by atoms with Crippen molar-refractivity contribution >= 4 is 35.5 Å². The Morgan fingerprint density at radius 2 is 2.00 bits per heavy atom. The second-order valence-electron chi connectivity index (χ2n) is 6.34. The number of nitrogens with two attached hydrogens (primary N) is 2. The van der Waals surface area contributed by atoms with Crippen LogP contribution in [-0.2, 0) is 14.4 Å². The summed E-state index contributed by atoms with van der Waals surface area (Å²) < 4.78 is 0. The third kappa shape index (κ3) is 8.96. The molecule has 8 N–H and O–H groups in total. The lowest BCUT2D eigenvalue weighted by Crippen LogP contribution is -2.54. The monoisotopic (exact) mass is 402 g/mol. The Morgan fingerprint density at radius 3 is 2.56 bits per heavy atom. The van der Waals surface area contributed by atoms with Crippen LogP contribution in [0.2, 0.25) is 0 Å². The second-order valence-corrected chi connectivity index (χ2v) is 7.33. The number of hydrogen-bond donors (Lipinski definition) is 6. The Kier molecular flexibility index (Phi) is 10.6. The number of nitrogens with zero attached hydrogens (tertiary/aromatic N) is 1. The molecule has 0 aromatic rings. The van der Waals surface area contributed by atoms with E-state index in [0.29, 0.717) is 38.0 Å². The molecule has 1 saturated heterocycles. The van der Waals surface area contributed by atoms with Gasteiger partial charge in [-0.2, -0.15) is 11.8 Å². The summed E-state index contributed by atoms with van der Waals surface area (Å²) in [7, 11) is 0. The number of guanidine groups is 1. The number of thioether (sulfide) groups is 1. The van der Waals surface area contributed by atoms with Crippen molar-refractivity contribution in [2.45, 2.75) is 50.2 Å². The van der Waals surface area contributed by atoms with Gasteiger partial charge in [-0.1, -0.05) is 0 Å². The summed E-state index contributed by atoms with van der Waals surface area (Å²) in [4.78, 5) is 40.2. The SMILES string of the molecule is CSCC[C@H](NC(=O)[C@H](CCCN=C(N)N)NC(=O)[C@@H]1CCCN1)C(=O)O. The molecule has 27 heavy (non-hydrogen) atoms. The van der Waals surface area contributed by atoms with E-state index in [-0.39, 0.29) is 17.9 Å². The highest BCUT2D eigenvalue weighted by Crippen LogP contribution is 2.08. The number of amides is 2. The molecular formula is C16H30N6O4S. The fraction of sp³-hybridized carbons (Fsp3) is 0.750. The van der Waals surface area contributed by atoms with Gasteiger partial charge in [0, 0.05) is 6.54 Å². The van der Waals surface area contributed by atoms with Gasteiger partial charge < -0.3 is 32.5 Å². The van der Waals surface area contributed by atoms with E-state index in [4.69, 9.17) is 11.5 Å². The Balaban J connectivity index is 2.70. The molecule has 0 saturated carbocycles. The first-order valence-electron chi connectivity index (χ1n) is 8.96. The first kappa shape index (κ1) is 23.0. The van der Waals surface area contributed by atoms with Crippen molar-refractivity contribution in [3.8, 4) is 0 Å². The van der Waals surface area contributed by atoms with Gasteiger partial charge in [0.15, 0.2) is 5.96 Å². The zero-order valence-corrected chi connectivity index (χ0v) is 16.4. The standard InChI is InChI=1S/C16H30N6O4S/c1-27-9-6-12(15(25)26)22-14(24)11(5-3-8-20-16(17)18)21-13(23)10-4-2-7-19-10/h10-12,19H,2-9H2,1H3,(H,21,23)(H,22,24)(H,25,26)(H4,17,18,20)/t10-,11-,12-/m0/s1. The minimum Gasteiger partial charge on any atom is -0.480 e. The Morgan fingerprint density at radius 1 is 1.26 bits per heavy atom. The number of carboxylic acid groups (broad SMARTS) is 1. The van der Waals surface area contributed by atoms with Crippen molar-refractivity contribution < 1.29 is 19.5 Å². The molecule has 1 fully saturated rings. The highest BCUT2D eigenvalue weighted by molar-refractivity contribution is 7.98. The van der Waals surface area contributed by atoms with Crippen molar-refractivity contribution in [1.29, 1.82) is 0 Å². The number of rotatable bonds is 12. The number of aliphatic carboxylic acids is 1. The Hall–Kier alpha value is -2.01. The van der Waals surface area contributed by atoms with Crippen molar-refractivity contribution in [2.75, 3.05) is 25.1 Å². The fourth-order valence-electron chi connectivity index (χ4n) is 2.72. The summed E-state index contributed by atoms with van der Waals surface area (Å²) in [6.07, 6.45) is 4.55. The maximum Gasteiger partial charge on any atom is 0.326 e. The minimum atomic E-state index is -1.10. The van der Waals surface area contributed by atoms with Gasteiger partial charge in [0.2, 0.25) is 11.8 Å². The van der Waals surface area contributed by atoms with Gasteiger partial charge in [-0.05, 0) is 50.7 Å². The molecule has 1 heterocycles. The van der Waals surface area contributed by atoms with Crippen LogP contribution in [0, 0.1) is 0 Å². The van der Waals surface area contributed by atoms with Gasteiger partial charge in [-0.3, -0.25) is 14.6 Å². The molecule has 10 nitrogen and oxygen atoms in total.